The smallest absolute Gasteiger partial charge is 0.294 e. The zero-order chi connectivity index (χ0) is 9.59. The summed E-state index contributed by atoms with van der Waals surface area (Å²) in [4.78, 5) is 13.2. The van der Waals surface area contributed by atoms with Crippen LogP contribution < -0.4 is 5.56 Å². The molecule has 0 saturated carbocycles. The Kier molecular flexibility index (Phi) is 1.53. The van der Waals surface area contributed by atoms with E-state index < -0.39 is 27.9 Å². The van der Waals surface area contributed by atoms with Crippen LogP contribution in [0.5, 0.6) is 11.5 Å². The van der Waals surface area contributed by atoms with Crippen LogP contribution in [0.1, 0.15) is 5.69 Å². The van der Waals surface area contributed by atoms with Gasteiger partial charge in [0.15, 0.2) is 5.75 Å². The van der Waals surface area contributed by atoms with E-state index >= 15 is 0 Å². The standard InChI is InChI=1S/C7H5NO4S/c9-4-5(10)7(11)8-3-1-2-13(12)6(3)4/h1-2,10H,(H2,8,9,11). The summed E-state index contributed by atoms with van der Waals surface area (Å²) in [5, 5.41) is 19.6. The molecular formula is C7H5NO4S. The van der Waals surface area contributed by atoms with Gasteiger partial charge in [-0.1, -0.05) is 0 Å². The minimum Gasteiger partial charge on any atom is -0.503 e. The van der Waals surface area contributed by atoms with E-state index in [1.165, 1.54) is 11.5 Å². The van der Waals surface area contributed by atoms with Gasteiger partial charge >= 0.3 is 0 Å². The number of pyridine rings is 1. The highest BCUT2D eigenvalue weighted by atomic mass is 32.2. The van der Waals surface area contributed by atoms with Crippen molar-refractivity contribution < 1.29 is 14.4 Å². The molecule has 3 N–H and O–H groups in total. The van der Waals surface area contributed by atoms with Crippen LogP contribution in [0.25, 0.3) is 6.08 Å². The van der Waals surface area contributed by atoms with Crippen LogP contribution in [0.2, 0.25) is 0 Å². The molecule has 0 saturated heterocycles. The van der Waals surface area contributed by atoms with Crippen molar-refractivity contribution in [2.75, 3.05) is 0 Å². The number of H-pyrrole nitrogens is 1. The summed E-state index contributed by atoms with van der Waals surface area (Å²) in [6.45, 7) is 0. The molecule has 0 aliphatic carbocycles. The molecule has 1 unspecified atom stereocenters. The molecular weight excluding hydrogens is 194 g/mol. The average molecular weight is 199 g/mol. The molecule has 0 fully saturated rings. The third kappa shape index (κ3) is 0.988. The highest BCUT2D eigenvalue weighted by Crippen LogP contribution is 2.33. The van der Waals surface area contributed by atoms with Crippen molar-refractivity contribution in [3.63, 3.8) is 0 Å². The second-order valence-electron chi connectivity index (χ2n) is 2.49. The van der Waals surface area contributed by atoms with Crippen LogP contribution in [-0.2, 0) is 10.8 Å². The molecule has 2 heterocycles. The molecule has 0 amide bonds. The van der Waals surface area contributed by atoms with E-state index in [1.54, 1.807) is 0 Å². The van der Waals surface area contributed by atoms with Crippen molar-refractivity contribution in [1.82, 2.24) is 4.98 Å². The van der Waals surface area contributed by atoms with Gasteiger partial charge in [-0.15, -0.1) is 0 Å². The Bertz CT molecular complexity index is 488. The fourth-order valence-electron chi connectivity index (χ4n) is 1.10. The second kappa shape index (κ2) is 2.46. The van der Waals surface area contributed by atoms with Crippen molar-refractivity contribution in [3.8, 4) is 11.5 Å². The molecule has 1 aliphatic heterocycles. The van der Waals surface area contributed by atoms with Gasteiger partial charge in [0.2, 0.25) is 5.75 Å². The Labute approximate surface area is 74.8 Å². The van der Waals surface area contributed by atoms with Gasteiger partial charge in [0.25, 0.3) is 5.56 Å². The Morgan fingerprint density at radius 1 is 1.31 bits per heavy atom. The Balaban J connectivity index is 2.88. The van der Waals surface area contributed by atoms with E-state index in [4.69, 9.17) is 5.11 Å². The molecule has 68 valence electrons. The van der Waals surface area contributed by atoms with E-state index in [1.807, 2.05) is 0 Å². The number of fused-ring (bicyclic) bond motifs is 1. The number of aromatic amines is 1. The Morgan fingerprint density at radius 3 is 2.69 bits per heavy atom. The number of aromatic hydroxyl groups is 2. The van der Waals surface area contributed by atoms with Gasteiger partial charge in [0.1, 0.15) is 4.90 Å². The van der Waals surface area contributed by atoms with Crippen LogP contribution in [0.15, 0.2) is 15.1 Å². The summed E-state index contributed by atoms with van der Waals surface area (Å²) < 4.78 is 11.2. The quantitative estimate of drug-likeness (QED) is 0.543. The number of aromatic nitrogens is 1. The van der Waals surface area contributed by atoms with Crippen molar-refractivity contribution in [2.45, 2.75) is 4.90 Å². The molecule has 0 radical (unpaired) electrons. The summed E-state index contributed by atoms with van der Waals surface area (Å²) in [5.74, 6) is -1.40. The van der Waals surface area contributed by atoms with Crippen LogP contribution in [0.4, 0.5) is 0 Å². The first-order valence-corrected chi connectivity index (χ1v) is 4.59. The fourth-order valence-corrected chi connectivity index (χ4v) is 2.12. The maximum Gasteiger partial charge on any atom is 0.294 e. The van der Waals surface area contributed by atoms with E-state index in [0.29, 0.717) is 0 Å². The van der Waals surface area contributed by atoms with Gasteiger partial charge in [-0.3, -0.25) is 4.79 Å². The van der Waals surface area contributed by atoms with Crippen LogP contribution >= 0.6 is 0 Å². The minimum atomic E-state index is -1.49. The van der Waals surface area contributed by atoms with Crippen LogP contribution in [-0.4, -0.2) is 19.4 Å². The van der Waals surface area contributed by atoms with Gasteiger partial charge in [0, 0.05) is 5.41 Å². The Morgan fingerprint density at radius 2 is 2.00 bits per heavy atom. The molecule has 0 aromatic carbocycles. The van der Waals surface area contributed by atoms with Crippen molar-refractivity contribution in [2.24, 2.45) is 0 Å². The summed E-state index contributed by atoms with van der Waals surface area (Å²) >= 11 is 0. The summed E-state index contributed by atoms with van der Waals surface area (Å²) in [6, 6.07) is 0. The monoisotopic (exact) mass is 199 g/mol. The van der Waals surface area contributed by atoms with Gasteiger partial charge in [0.05, 0.1) is 16.5 Å². The molecule has 1 atom stereocenters. The second-order valence-corrected chi connectivity index (χ2v) is 3.77. The van der Waals surface area contributed by atoms with E-state index in [0.717, 1.165) is 0 Å². The topological polar surface area (TPSA) is 90.4 Å². The highest BCUT2D eigenvalue weighted by molar-refractivity contribution is 7.88. The maximum atomic E-state index is 11.2. The SMILES string of the molecule is O=c1[nH]c2c(c(O)c1O)S(=O)C=C2. The molecule has 13 heavy (non-hydrogen) atoms. The molecule has 0 spiro atoms. The number of nitrogens with one attached hydrogen (secondary N) is 1. The minimum absolute atomic E-state index is 0.0529. The van der Waals surface area contributed by atoms with Gasteiger partial charge in [-0.25, -0.2) is 4.21 Å². The first-order chi connectivity index (χ1) is 6.11. The first kappa shape index (κ1) is 8.06. The largest absolute Gasteiger partial charge is 0.503 e. The molecule has 0 bridgehead atoms. The lowest BCUT2D eigenvalue weighted by molar-refractivity contribution is 0.387. The molecule has 1 aromatic heterocycles. The van der Waals surface area contributed by atoms with Crippen molar-refractivity contribution in [3.05, 3.63) is 21.5 Å². The third-order valence-electron chi connectivity index (χ3n) is 1.71. The predicted octanol–water partition coefficient (Wildman–Crippen LogP) is -0.122. The average Bonchev–Trinajstić information content (AvgIpc) is 2.43. The zero-order valence-corrected chi connectivity index (χ0v) is 7.09. The lowest BCUT2D eigenvalue weighted by Gasteiger charge is -2.01. The first-order valence-electron chi connectivity index (χ1n) is 3.38. The fraction of sp³-hybridized carbons (Fsp3) is 0. The van der Waals surface area contributed by atoms with Crippen LogP contribution in [0.3, 0.4) is 0 Å². The van der Waals surface area contributed by atoms with E-state index in [9.17, 15) is 14.1 Å². The number of hydrogen-bond donors (Lipinski definition) is 3. The lowest BCUT2D eigenvalue weighted by atomic mass is 10.3. The molecule has 1 aliphatic rings. The molecule has 2 rings (SSSR count). The van der Waals surface area contributed by atoms with E-state index in [2.05, 4.69) is 4.98 Å². The van der Waals surface area contributed by atoms with Crippen LogP contribution in [0, 0.1) is 0 Å². The molecule has 6 heteroatoms. The normalized spacial score (nSPS) is 18.9. The van der Waals surface area contributed by atoms with Crippen molar-refractivity contribution in [1.29, 1.82) is 0 Å². The van der Waals surface area contributed by atoms with Gasteiger partial charge in [-0.2, -0.15) is 0 Å². The lowest BCUT2D eigenvalue weighted by Crippen LogP contribution is -2.08. The number of hydrogen-bond acceptors (Lipinski definition) is 4. The third-order valence-corrected chi connectivity index (χ3v) is 2.91. The molecule has 5 nitrogen and oxygen atoms in total. The van der Waals surface area contributed by atoms with E-state index in [-0.39, 0.29) is 10.6 Å². The van der Waals surface area contributed by atoms with Crippen molar-refractivity contribution >= 4 is 16.9 Å². The molecule has 1 aromatic rings. The zero-order valence-electron chi connectivity index (χ0n) is 6.27. The van der Waals surface area contributed by atoms with Gasteiger partial charge in [-0.05, 0) is 6.08 Å². The summed E-state index contributed by atoms with van der Waals surface area (Å²) in [6.07, 6.45) is 1.42. The Hall–Kier alpha value is -1.56. The predicted molar refractivity (Wildman–Crippen MR) is 45.8 cm³/mol. The van der Waals surface area contributed by atoms with Gasteiger partial charge < -0.3 is 15.2 Å². The maximum absolute atomic E-state index is 11.2. The number of rotatable bonds is 0. The summed E-state index contributed by atoms with van der Waals surface area (Å²) in [5.41, 5.74) is -0.515. The summed E-state index contributed by atoms with van der Waals surface area (Å²) in [7, 11) is -1.49. The highest BCUT2D eigenvalue weighted by Gasteiger charge is 2.22.